The van der Waals surface area contributed by atoms with Crippen molar-refractivity contribution in [3.8, 4) is 0 Å². The monoisotopic (exact) mass is 557 g/mol. The van der Waals surface area contributed by atoms with Gasteiger partial charge in [0.05, 0.1) is 20.7 Å². The number of ether oxygens (including phenoxy) is 2. The van der Waals surface area contributed by atoms with Crippen molar-refractivity contribution < 1.29 is 14.3 Å². The van der Waals surface area contributed by atoms with Crippen LogP contribution in [0.3, 0.4) is 0 Å². The minimum atomic E-state index is -2.00. The Bertz CT molecular complexity index is 859. The van der Waals surface area contributed by atoms with E-state index in [2.05, 4.69) is 62.5 Å². The zero-order valence-corrected chi connectivity index (χ0v) is 27.6. The van der Waals surface area contributed by atoms with Crippen LogP contribution < -0.4 is 5.19 Å². The number of carbonyl (C=O) groups is 1. The van der Waals surface area contributed by atoms with Gasteiger partial charge in [-0.25, -0.2) is 4.79 Å². The van der Waals surface area contributed by atoms with Crippen LogP contribution in [0, 0.1) is 0 Å². The molecule has 39 heavy (non-hydrogen) atoms. The van der Waals surface area contributed by atoms with Crippen molar-refractivity contribution >= 4 is 19.4 Å². The molecular formula is C34H59NO3Si. The van der Waals surface area contributed by atoms with Gasteiger partial charge in [-0.2, -0.15) is 0 Å². The molecule has 222 valence electrons. The molecule has 1 aliphatic heterocycles. The lowest BCUT2D eigenvalue weighted by Gasteiger charge is -2.41. The number of allylic oxidation sites excluding steroid dienone is 1. The Morgan fingerprint density at radius 3 is 2.08 bits per heavy atom. The number of benzene rings is 1. The molecule has 1 saturated heterocycles. The van der Waals surface area contributed by atoms with Gasteiger partial charge in [-0.1, -0.05) is 132 Å². The Morgan fingerprint density at radius 1 is 1.00 bits per heavy atom. The largest absolute Gasteiger partial charge is 0.444 e. The highest BCUT2D eigenvalue weighted by atomic mass is 28.3. The van der Waals surface area contributed by atoms with Gasteiger partial charge in [0.1, 0.15) is 11.3 Å². The van der Waals surface area contributed by atoms with Gasteiger partial charge in [0.2, 0.25) is 0 Å². The highest BCUT2D eigenvalue weighted by molar-refractivity contribution is 6.91. The fourth-order valence-corrected chi connectivity index (χ4v) is 9.10. The van der Waals surface area contributed by atoms with Gasteiger partial charge in [-0.15, -0.1) is 0 Å². The Labute approximate surface area is 241 Å². The first-order valence-electron chi connectivity index (χ1n) is 15.8. The third-order valence-electron chi connectivity index (χ3n) is 8.19. The van der Waals surface area contributed by atoms with Crippen LogP contribution >= 0.6 is 0 Å². The molecule has 0 radical (unpaired) electrons. The molecule has 5 heteroatoms. The van der Waals surface area contributed by atoms with Gasteiger partial charge < -0.3 is 9.47 Å². The molecule has 1 aromatic carbocycles. The maximum absolute atomic E-state index is 13.5. The van der Waals surface area contributed by atoms with Gasteiger partial charge in [-0.3, -0.25) is 4.90 Å². The summed E-state index contributed by atoms with van der Waals surface area (Å²) in [5.74, 6) is 0. The van der Waals surface area contributed by atoms with Gasteiger partial charge in [0, 0.05) is 0 Å². The SMILES string of the molecule is CCCCCCCCCCCCC/C=C/[C@@H]([C@@H]1COC(C)(C)N1C(=O)OC(C)(C)C)[Si](C)(C)c1ccccc1. The van der Waals surface area contributed by atoms with E-state index in [0.717, 1.165) is 6.42 Å². The van der Waals surface area contributed by atoms with Crippen molar-refractivity contribution in [2.75, 3.05) is 6.61 Å². The predicted molar refractivity (Wildman–Crippen MR) is 169 cm³/mol. The van der Waals surface area contributed by atoms with Crippen molar-refractivity contribution in [3.05, 3.63) is 42.5 Å². The third kappa shape index (κ3) is 11.1. The average Bonchev–Trinajstić information content (AvgIpc) is 3.18. The molecule has 0 saturated carbocycles. The number of rotatable bonds is 16. The molecule has 0 bridgehead atoms. The Balaban J connectivity index is 2.03. The Morgan fingerprint density at radius 2 is 1.54 bits per heavy atom. The van der Waals surface area contributed by atoms with Crippen molar-refractivity contribution in [1.29, 1.82) is 0 Å². The van der Waals surface area contributed by atoms with Crippen LogP contribution in [-0.4, -0.2) is 43.0 Å². The first-order chi connectivity index (χ1) is 18.4. The molecule has 0 aliphatic carbocycles. The molecule has 1 heterocycles. The summed E-state index contributed by atoms with van der Waals surface area (Å²) in [6, 6.07) is 10.8. The van der Waals surface area contributed by atoms with E-state index in [1.54, 1.807) is 0 Å². The van der Waals surface area contributed by atoms with Crippen LogP contribution in [0.25, 0.3) is 0 Å². The molecule has 2 rings (SSSR count). The van der Waals surface area contributed by atoms with Crippen LogP contribution in [0.1, 0.15) is 119 Å². The number of amides is 1. The van der Waals surface area contributed by atoms with Gasteiger partial charge in [-0.05, 0) is 53.0 Å². The maximum atomic E-state index is 13.5. The molecule has 0 spiro atoms. The molecule has 4 nitrogen and oxygen atoms in total. The lowest BCUT2D eigenvalue weighted by molar-refractivity contribution is -0.0623. The van der Waals surface area contributed by atoms with Crippen LogP contribution in [0.5, 0.6) is 0 Å². The smallest absolute Gasteiger partial charge is 0.412 e. The van der Waals surface area contributed by atoms with Crippen molar-refractivity contribution in [2.24, 2.45) is 0 Å². The van der Waals surface area contributed by atoms with Crippen LogP contribution in [0.2, 0.25) is 18.6 Å². The maximum Gasteiger partial charge on any atom is 0.412 e. The topological polar surface area (TPSA) is 38.8 Å². The third-order valence-corrected chi connectivity index (χ3v) is 12.3. The summed E-state index contributed by atoms with van der Waals surface area (Å²) in [6.45, 7) is 17.4. The van der Waals surface area contributed by atoms with Gasteiger partial charge >= 0.3 is 6.09 Å². The predicted octanol–water partition coefficient (Wildman–Crippen LogP) is 9.60. The molecule has 1 aromatic rings. The minimum absolute atomic E-state index is 0.0506. The molecule has 1 amide bonds. The molecule has 2 atom stereocenters. The fraction of sp³-hybridized carbons (Fsp3) is 0.735. The van der Waals surface area contributed by atoms with Crippen LogP contribution in [0.15, 0.2) is 42.5 Å². The highest BCUT2D eigenvalue weighted by Gasteiger charge is 2.51. The second-order valence-corrected chi connectivity index (χ2v) is 18.2. The fourth-order valence-electron chi connectivity index (χ4n) is 5.84. The quantitative estimate of drug-likeness (QED) is 0.115. The zero-order chi connectivity index (χ0) is 28.9. The summed E-state index contributed by atoms with van der Waals surface area (Å²) >= 11 is 0. The van der Waals surface area contributed by atoms with Gasteiger partial charge in [0.15, 0.2) is 0 Å². The number of hydrogen-bond acceptors (Lipinski definition) is 3. The molecule has 0 unspecified atom stereocenters. The van der Waals surface area contributed by atoms with E-state index in [1.165, 1.54) is 75.8 Å². The molecule has 0 N–H and O–H groups in total. The van der Waals surface area contributed by atoms with Crippen molar-refractivity contribution in [2.45, 2.75) is 155 Å². The second kappa shape index (κ2) is 16.0. The number of hydrogen-bond donors (Lipinski definition) is 0. The minimum Gasteiger partial charge on any atom is -0.444 e. The molecular weight excluding hydrogens is 498 g/mol. The lowest BCUT2D eigenvalue weighted by atomic mass is 10.0. The summed E-state index contributed by atoms with van der Waals surface area (Å²) in [5, 5.41) is 1.41. The summed E-state index contributed by atoms with van der Waals surface area (Å²) in [7, 11) is -2.00. The van der Waals surface area contributed by atoms with Crippen LogP contribution in [-0.2, 0) is 9.47 Å². The Hall–Kier alpha value is -1.59. The molecule has 1 fully saturated rings. The first kappa shape index (κ1) is 33.6. The van der Waals surface area contributed by atoms with E-state index in [-0.39, 0.29) is 17.7 Å². The van der Waals surface area contributed by atoms with E-state index in [0.29, 0.717) is 6.61 Å². The second-order valence-electron chi connectivity index (χ2n) is 13.5. The number of unbranched alkanes of at least 4 members (excludes halogenated alkanes) is 11. The average molecular weight is 558 g/mol. The Kier molecular flexibility index (Phi) is 13.8. The van der Waals surface area contributed by atoms with E-state index in [1.807, 2.05) is 39.5 Å². The van der Waals surface area contributed by atoms with Crippen LogP contribution in [0.4, 0.5) is 4.79 Å². The summed E-state index contributed by atoms with van der Waals surface area (Å²) in [5.41, 5.74) is -1.02. The van der Waals surface area contributed by atoms with Crippen molar-refractivity contribution in [1.82, 2.24) is 4.90 Å². The highest BCUT2D eigenvalue weighted by Crippen LogP contribution is 2.40. The number of carbonyl (C=O) groups excluding carboxylic acids is 1. The van der Waals surface area contributed by atoms with Crippen molar-refractivity contribution in [3.63, 3.8) is 0 Å². The van der Waals surface area contributed by atoms with E-state index >= 15 is 0 Å². The van der Waals surface area contributed by atoms with Gasteiger partial charge in [0.25, 0.3) is 0 Å². The first-order valence-corrected chi connectivity index (χ1v) is 18.9. The summed E-state index contributed by atoms with van der Waals surface area (Å²) in [4.78, 5) is 15.3. The number of nitrogens with zero attached hydrogens (tertiary/aromatic N) is 1. The van der Waals surface area contributed by atoms with E-state index in [9.17, 15) is 4.79 Å². The normalized spacial score (nSPS) is 18.6. The summed E-state index contributed by atoms with van der Waals surface area (Å²) in [6.07, 6.45) is 20.6. The lowest BCUT2D eigenvalue weighted by Crippen LogP contribution is -2.57. The van der Waals surface area contributed by atoms with E-state index in [4.69, 9.17) is 9.47 Å². The zero-order valence-electron chi connectivity index (χ0n) is 26.6. The molecule has 1 aliphatic rings. The summed E-state index contributed by atoms with van der Waals surface area (Å²) < 4.78 is 12.1. The van der Waals surface area contributed by atoms with E-state index < -0.39 is 19.4 Å². The standard InChI is InChI=1S/C34H59NO3Si/c1-9-10-11-12-13-14-15-16-17-18-19-20-24-27-31(39(7,8)29-25-22-21-23-26-29)30-28-37-34(5,6)35(30)32(36)38-33(2,3)4/h21-27,30-31H,9-20,28H2,1-8H3/b27-24+/t30-,31-/m0/s1. The molecule has 0 aromatic heterocycles.